The van der Waals surface area contributed by atoms with E-state index in [0.29, 0.717) is 35.7 Å². The molecule has 8 nitrogen and oxygen atoms in total. The van der Waals surface area contributed by atoms with Crippen molar-refractivity contribution in [2.24, 2.45) is 0 Å². The van der Waals surface area contributed by atoms with Gasteiger partial charge >= 0.3 is 6.03 Å². The first-order chi connectivity index (χ1) is 12.8. The number of unbranched alkanes of at least 4 members (excludes halogenated alkanes) is 1. The number of rotatable bonds is 7. The van der Waals surface area contributed by atoms with Gasteiger partial charge in [-0.1, -0.05) is 18.0 Å². The predicted octanol–water partition coefficient (Wildman–Crippen LogP) is 1.69. The molecule has 3 unspecified atom stereocenters. The van der Waals surface area contributed by atoms with Crippen molar-refractivity contribution in [2.75, 3.05) is 18.2 Å². The van der Waals surface area contributed by atoms with Crippen LogP contribution in [0.1, 0.15) is 25.7 Å². The van der Waals surface area contributed by atoms with E-state index in [1.807, 2.05) is 0 Å². The summed E-state index contributed by atoms with van der Waals surface area (Å²) >= 11 is 6.03. The van der Waals surface area contributed by atoms with Gasteiger partial charge < -0.3 is 20.7 Å². The Hall–Kier alpha value is -2.00. The molecule has 10 heteroatoms. The normalized spacial score (nSPS) is 25.4. The molecule has 0 saturated carbocycles. The third-order valence-electron chi connectivity index (χ3n) is 4.90. The maximum atomic E-state index is 12.2. The third-order valence-corrected chi connectivity index (χ3v) is 7.47. The maximum absolute atomic E-state index is 12.2. The Balaban J connectivity index is 1.45. The van der Waals surface area contributed by atoms with Gasteiger partial charge in [0.2, 0.25) is 5.91 Å². The van der Waals surface area contributed by atoms with Crippen molar-refractivity contribution in [1.82, 2.24) is 10.6 Å². The van der Waals surface area contributed by atoms with E-state index in [4.69, 9.17) is 16.3 Å². The lowest BCUT2D eigenvalue weighted by molar-refractivity contribution is -0.116. The van der Waals surface area contributed by atoms with Crippen LogP contribution in [0.2, 0.25) is 5.02 Å². The Bertz CT molecular complexity index is 845. The molecule has 2 aliphatic rings. The van der Waals surface area contributed by atoms with Crippen LogP contribution in [0.3, 0.4) is 0 Å². The number of urea groups is 1. The number of anilines is 1. The molecule has 0 radical (unpaired) electrons. The highest BCUT2D eigenvalue weighted by Crippen LogP contribution is 2.29. The molecule has 2 fully saturated rings. The number of hydrogen-bond acceptors (Lipinski definition) is 5. The van der Waals surface area contributed by atoms with Crippen molar-refractivity contribution >= 4 is 39.1 Å². The lowest BCUT2D eigenvalue weighted by Crippen LogP contribution is -2.39. The minimum absolute atomic E-state index is 0.0280. The molecule has 3 atom stereocenters. The number of hydrogen-bond donors (Lipinski definition) is 3. The topological polar surface area (TPSA) is 114 Å². The molecule has 0 aromatic heterocycles. The Morgan fingerprint density at radius 2 is 2.11 bits per heavy atom. The number of sulfone groups is 1. The fourth-order valence-electron chi connectivity index (χ4n) is 3.60. The number of benzene rings is 1. The summed E-state index contributed by atoms with van der Waals surface area (Å²) in [7, 11) is -1.72. The van der Waals surface area contributed by atoms with Gasteiger partial charge in [-0.3, -0.25) is 4.79 Å². The minimum Gasteiger partial charge on any atom is -0.495 e. The quantitative estimate of drug-likeness (QED) is 0.463. The Morgan fingerprint density at radius 3 is 2.81 bits per heavy atom. The van der Waals surface area contributed by atoms with E-state index in [1.54, 1.807) is 18.2 Å². The number of halogens is 1. The highest BCUT2D eigenvalue weighted by atomic mass is 35.5. The molecule has 0 aliphatic carbocycles. The largest absolute Gasteiger partial charge is 0.495 e. The first kappa shape index (κ1) is 19.8. The van der Waals surface area contributed by atoms with Gasteiger partial charge in [0.05, 0.1) is 35.2 Å². The van der Waals surface area contributed by atoms with Gasteiger partial charge in [-0.15, -0.1) is 0 Å². The number of methoxy groups -OCH3 is 1. The highest BCUT2D eigenvalue weighted by Gasteiger charge is 2.51. The standard InChI is InChI=1S/C17H22ClN3O5S/c1-26-13-7-6-10(8-11(13)18)19-15(22)5-3-2-4-14-16-12(9-27(14,24)25)20-17(23)21-16/h6-8,12,14,16H,2-5,9H2,1H3,(H,19,22)(H2,20,21,23). The van der Waals surface area contributed by atoms with E-state index in [-0.39, 0.29) is 36.2 Å². The maximum Gasteiger partial charge on any atom is 0.315 e. The Morgan fingerprint density at radius 1 is 1.33 bits per heavy atom. The third kappa shape index (κ3) is 4.47. The van der Waals surface area contributed by atoms with Gasteiger partial charge in [0, 0.05) is 12.1 Å². The van der Waals surface area contributed by atoms with E-state index < -0.39 is 15.1 Å². The molecule has 3 amide bonds. The van der Waals surface area contributed by atoms with E-state index in [2.05, 4.69) is 16.0 Å². The SMILES string of the molecule is COc1ccc(NC(=O)CCCCC2C3NC(=O)NC3CS2(=O)=O)cc1Cl. The van der Waals surface area contributed by atoms with E-state index in [0.717, 1.165) is 0 Å². The lowest BCUT2D eigenvalue weighted by Gasteiger charge is -2.16. The molecule has 27 heavy (non-hydrogen) atoms. The van der Waals surface area contributed by atoms with E-state index in [1.165, 1.54) is 7.11 Å². The van der Waals surface area contributed by atoms with Crippen LogP contribution in [0.5, 0.6) is 5.75 Å². The molecule has 2 aliphatic heterocycles. The zero-order chi connectivity index (χ0) is 19.6. The second-order valence-corrected chi connectivity index (χ2v) is 9.43. The van der Waals surface area contributed by atoms with Crippen molar-refractivity contribution in [3.63, 3.8) is 0 Å². The molecule has 148 valence electrons. The van der Waals surface area contributed by atoms with Crippen LogP contribution in [-0.2, 0) is 14.6 Å². The zero-order valence-corrected chi connectivity index (χ0v) is 16.4. The molecular weight excluding hydrogens is 394 g/mol. The molecule has 2 saturated heterocycles. The monoisotopic (exact) mass is 415 g/mol. The average Bonchev–Trinajstić information content (AvgIpc) is 3.03. The van der Waals surface area contributed by atoms with Gasteiger partial charge in [-0.2, -0.15) is 0 Å². The summed E-state index contributed by atoms with van der Waals surface area (Å²) < 4.78 is 29.5. The summed E-state index contributed by atoms with van der Waals surface area (Å²) in [6, 6.07) is 3.93. The molecule has 2 heterocycles. The fourth-order valence-corrected chi connectivity index (χ4v) is 6.13. The molecule has 3 N–H and O–H groups in total. The summed E-state index contributed by atoms with van der Waals surface area (Å²) in [5, 5.41) is 7.89. The highest BCUT2D eigenvalue weighted by molar-refractivity contribution is 7.92. The molecule has 1 aromatic carbocycles. The van der Waals surface area contributed by atoms with Gasteiger partial charge in [0.1, 0.15) is 5.75 Å². The number of carbonyl (C=O) groups is 2. The van der Waals surface area contributed by atoms with Crippen LogP contribution in [0.15, 0.2) is 18.2 Å². The summed E-state index contributed by atoms with van der Waals surface area (Å²) in [6.07, 6.45) is 1.84. The smallest absolute Gasteiger partial charge is 0.315 e. The number of amides is 3. The summed E-state index contributed by atoms with van der Waals surface area (Å²) in [6.45, 7) is 0. The number of nitrogens with one attached hydrogen (secondary N) is 3. The first-order valence-corrected chi connectivity index (χ1v) is 10.8. The van der Waals surface area contributed by atoms with Gasteiger partial charge in [0.25, 0.3) is 0 Å². The average molecular weight is 416 g/mol. The molecule has 0 bridgehead atoms. The Kier molecular flexibility index (Phi) is 5.81. The second kappa shape index (κ2) is 7.93. The van der Waals surface area contributed by atoms with Gasteiger partial charge in [0.15, 0.2) is 9.84 Å². The van der Waals surface area contributed by atoms with Crippen LogP contribution in [0.25, 0.3) is 0 Å². The molecular formula is C17H22ClN3O5S. The summed E-state index contributed by atoms with van der Waals surface area (Å²) in [4.78, 5) is 23.4. The van der Waals surface area contributed by atoms with Crippen LogP contribution in [-0.4, -0.2) is 50.6 Å². The van der Waals surface area contributed by atoms with Crippen LogP contribution in [0.4, 0.5) is 10.5 Å². The lowest BCUT2D eigenvalue weighted by atomic mass is 10.0. The van der Waals surface area contributed by atoms with Crippen molar-refractivity contribution in [3.8, 4) is 5.75 Å². The van der Waals surface area contributed by atoms with Crippen LogP contribution < -0.4 is 20.7 Å². The number of carbonyl (C=O) groups excluding carboxylic acids is 2. The van der Waals surface area contributed by atoms with Crippen molar-refractivity contribution in [1.29, 1.82) is 0 Å². The first-order valence-electron chi connectivity index (χ1n) is 8.72. The summed E-state index contributed by atoms with van der Waals surface area (Å²) in [5.41, 5.74) is 0.576. The van der Waals surface area contributed by atoms with Crippen molar-refractivity contribution in [2.45, 2.75) is 43.0 Å². The summed E-state index contributed by atoms with van der Waals surface area (Å²) in [5.74, 6) is 0.332. The predicted molar refractivity (Wildman–Crippen MR) is 102 cm³/mol. The van der Waals surface area contributed by atoms with E-state index in [9.17, 15) is 18.0 Å². The van der Waals surface area contributed by atoms with Gasteiger partial charge in [-0.25, -0.2) is 13.2 Å². The van der Waals surface area contributed by atoms with Crippen molar-refractivity contribution < 1.29 is 22.7 Å². The van der Waals surface area contributed by atoms with Crippen molar-refractivity contribution in [3.05, 3.63) is 23.2 Å². The molecule has 0 spiro atoms. The number of ether oxygens (including phenoxy) is 1. The number of fused-ring (bicyclic) bond motifs is 1. The Labute approximate surface area is 162 Å². The van der Waals surface area contributed by atoms with E-state index >= 15 is 0 Å². The molecule has 1 aromatic rings. The molecule has 3 rings (SSSR count). The zero-order valence-electron chi connectivity index (χ0n) is 14.8. The second-order valence-electron chi connectivity index (χ2n) is 6.76. The van der Waals surface area contributed by atoms with Crippen LogP contribution >= 0.6 is 11.6 Å². The minimum atomic E-state index is -3.23. The van der Waals surface area contributed by atoms with Crippen LogP contribution in [0, 0.1) is 0 Å². The van der Waals surface area contributed by atoms with Gasteiger partial charge in [-0.05, 0) is 31.0 Å². The fraction of sp³-hybridized carbons (Fsp3) is 0.529.